The molecule has 2 nitrogen and oxygen atoms in total. The van der Waals surface area contributed by atoms with E-state index in [4.69, 9.17) is 10.2 Å². The largest absolute Gasteiger partial charge is 0.448 e. The molecule has 0 bridgehead atoms. The average molecular weight is 176 g/mol. The molecule has 0 heterocycles. The van der Waals surface area contributed by atoms with Crippen molar-refractivity contribution in [2.75, 3.05) is 6.61 Å². The Morgan fingerprint density at radius 1 is 1.09 bits per heavy atom. The molecular weight excluding hydrogens is 168 g/mol. The van der Waals surface area contributed by atoms with Crippen LogP contribution in [-0.2, 0) is 0 Å². The van der Waals surface area contributed by atoms with Gasteiger partial charge in [-0.2, -0.15) is 13.2 Å². The number of alkyl halides is 4. The minimum atomic E-state index is -5.28. The lowest BCUT2D eigenvalue weighted by molar-refractivity contribution is -0.317. The summed E-state index contributed by atoms with van der Waals surface area (Å²) in [6.45, 7) is -0.581. The second kappa shape index (κ2) is 3.36. The van der Waals surface area contributed by atoms with Gasteiger partial charge in [0.2, 0.25) is 0 Å². The number of rotatable bonds is 3. The Labute approximate surface area is 60.4 Å². The molecule has 0 aromatic carbocycles. The van der Waals surface area contributed by atoms with Crippen LogP contribution >= 0.6 is 0 Å². The van der Waals surface area contributed by atoms with Gasteiger partial charge in [-0.1, -0.05) is 0 Å². The Morgan fingerprint density at radius 2 is 1.55 bits per heavy atom. The maximum atomic E-state index is 12.1. The van der Waals surface area contributed by atoms with Crippen LogP contribution in [-0.4, -0.2) is 28.9 Å². The van der Waals surface area contributed by atoms with E-state index in [0.29, 0.717) is 0 Å². The summed E-state index contributed by atoms with van der Waals surface area (Å²) in [5.41, 5.74) is 0. The topological polar surface area (TPSA) is 40.5 Å². The highest BCUT2D eigenvalue weighted by Crippen LogP contribution is 2.34. The number of hydrogen-bond donors (Lipinski definition) is 2. The van der Waals surface area contributed by atoms with Gasteiger partial charge in [-0.05, 0) is 6.42 Å². The number of hydrogen-bond acceptors (Lipinski definition) is 2. The van der Waals surface area contributed by atoms with E-state index in [1.54, 1.807) is 0 Å². The first kappa shape index (κ1) is 10.6. The second-order valence-electron chi connectivity index (χ2n) is 2.08. The molecule has 68 valence electrons. The molecule has 0 aromatic heterocycles. The first-order valence-corrected chi connectivity index (χ1v) is 2.90. The molecule has 0 saturated carbocycles. The van der Waals surface area contributed by atoms with Crippen molar-refractivity contribution in [3.63, 3.8) is 0 Å². The Kier molecular flexibility index (Phi) is 3.25. The third kappa shape index (κ3) is 3.02. The fourth-order valence-electron chi connectivity index (χ4n) is 0.455. The van der Waals surface area contributed by atoms with Crippen LogP contribution in [0, 0.1) is 0 Å². The Morgan fingerprint density at radius 3 is 1.82 bits per heavy atom. The molecule has 2 N–H and O–H groups in total. The van der Waals surface area contributed by atoms with Gasteiger partial charge in [0.05, 0.1) is 0 Å². The van der Waals surface area contributed by atoms with Crippen molar-refractivity contribution in [3.05, 3.63) is 0 Å². The third-order valence-corrected chi connectivity index (χ3v) is 1.10. The van der Waals surface area contributed by atoms with Crippen molar-refractivity contribution in [2.45, 2.75) is 24.9 Å². The minimum absolute atomic E-state index is 0.424. The van der Waals surface area contributed by atoms with E-state index < -0.39 is 31.5 Å². The van der Waals surface area contributed by atoms with E-state index >= 15 is 0 Å². The van der Waals surface area contributed by atoms with Crippen LogP contribution in [0.25, 0.3) is 0 Å². The summed E-state index contributed by atoms with van der Waals surface area (Å²) >= 11 is 0. The van der Waals surface area contributed by atoms with E-state index in [1.807, 2.05) is 0 Å². The molecule has 0 fully saturated rings. The van der Waals surface area contributed by atoms with E-state index in [9.17, 15) is 17.6 Å². The lowest BCUT2D eigenvalue weighted by Gasteiger charge is -2.21. The summed E-state index contributed by atoms with van der Waals surface area (Å²) in [4.78, 5) is 0. The first-order valence-electron chi connectivity index (χ1n) is 2.90. The maximum absolute atomic E-state index is 12.1. The summed E-state index contributed by atoms with van der Waals surface area (Å²) in [7, 11) is 0. The summed E-state index contributed by atoms with van der Waals surface area (Å²) in [6.07, 6.45) is -6.83. The molecule has 0 amide bonds. The molecule has 0 spiro atoms. The highest BCUT2D eigenvalue weighted by Gasteiger charge is 2.54. The minimum Gasteiger partial charge on any atom is -0.396 e. The molecule has 0 saturated heterocycles. The first-order chi connectivity index (χ1) is 4.81. The van der Waals surface area contributed by atoms with Crippen molar-refractivity contribution in [1.82, 2.24) is 0 Å². The monoisotopic (exact) mass is 176 g/mol. The van der Waals surface area contributed by atoms with Gasteiger partial charge in [0.1, 0.15) is 0 Å². The highest BCUT2D eigenvalue weighted by molar-refractivity contribution is 4.74. The van der Waals surface area contributed by atoms with Crippen LogP contribution < -0.4 is 0 Å². The van der Waals surface area contributed by atoms with Crippen molar-refractivity contribution < 1.29 is 27.8 Å². The van der Waals surface area contributed by atoms with E-state index in [-0.39, 0.29) is 0 Å². The van der Waals surface area contributed by atoms with Gasteiger partial charge in [0, 0.05) is 13.0 Å². The third-order valence-electron chi connectivity index (χ3n) is 1.10. The maximum Gasteiger partial charge on any atom is 0.448 e. The van der Waals surface area contributed by atoms with Crippen molar-refractivity contribution >= 4 is 0 Å². The van der Waals surface area contributed by atoms with Gasteiger partial charge in [-0.3, -0.25) is 0 Å². The van der Waals surface area contributed by atoms with Crippen LogP contribution in [0.3, 0.4) is 0 Å². The predicted molar refractivity (Wildman–Crippen MR) is 28.4 cm³/mol. The molecule has 1 atom stereocenters. The summed E-state index contributed by atoms with van der Waals surface area (Å²) in [5.74, 6) is -4.17. The number of aliphatic hydroxyl groups is 2. The summed E-state index contributed by atoms with van der Waals surface area (Å²) in [5, 5.41) is 16.1. The Hall–Kier alpha value is -0.360. The fourth-order valence-corrected chi connectivity index (χ4v) is 0.455. The molecule has 6 heteroatoms. The van der Waals surface area contributed by atoms with Crippen LogP contribution in [0.5, 0.6) is 0 Å². The van der Waals surface area contributed by atoms with Crippen LogP contribution in [0.2, 0.25) is 0 Å². The second-order valence-corrected chi connectivity index (χ2v) is 2.08. The summed E-state index contributed by atoms with van der Waals surface area (Å²) < 4.78 is 46.5. The predicted octanol–water partition coefficient (Wildman–Crippen LogP) is 0.979. The van der Waals surface area contributed by atoms with Crippen molar-refractivity contribution in [2.24, 2.45) is 0 Å². The molecule has 0 aliphatic carbocycles. The van der Waals surface area contributed by atoms with Gasteiger partial charge < -0.3 is 10.2 Å². The SMILES string of the molecule is OCCCC(O)(F)C(F)(F)F. The van der Waals surface area contributed by atoms with Gasteiger partial charge >= 0.3 is 12.0 Å². The molecule has 0 radical (unpaired) electrons. The van der Waals surface area contributed by atoms with Gasteiger partial charge in [-0.15, -0.1) is 0 Å². The lowest BCUT2D eigenvalue weighted by Crippen LogP contribution is -2.40. The lowest BCUT2D eigenvalue weighted by atomic mass is 10.1. The molecule has 0 aliphatic rings. The van der Waals surface area contributed by atoms with Gasteiger partial charge in [0.25, 0.3) is 0 Å². The zero-order chi connectivity index (χ0) is 9.12. The van der Waals surface area contributed by atoms with Crippen molar-refractivity contribution in [3.8, 4) is 0 Å². The Balaban J connectivity index is 4.00. The molecule has 11 heavy (non-hydrogen) atoms. The Bertz CT molecular complexity index is 120. The standard InChI is InChI=1S/C5H8F4O2/c6-4(11,2-1-3-10)5(7,8)9/h10-11H,1-3H2. The van der Waals surface area contributed by atoms with Crippen LogP contribution in [0.1, 0.15) is 12.8 Å². The molecule has 0 aromatic rings. The van der Waals surface area contributed by atoms with E-state index in [0.717, 1.165) is 0 Å². The zero-order valence-electron chi connectivity index (χ0n) is 5.53. The van der Waals surface area contributed by atoms with Gasteiger partial charge in [-0.25, -0.2) is 4.39 Å². The normalized spacial score (nSPS) is 18.0. The zero-order valence-corrected chi connectivity index (χ0v) is 5.53. The smallest absolute Gasteiger partial charge is 0.396 e. The molecule has 1 unspecified atom stereocenters. The van der Waals surface area contributed by atoms with Crippen molar-refractivity contribution in [1.29, 1.82) is 0 Å². The molecule has 0 aliphatic heterocycles. The highest BCUT2D eigenvalue weighted by atomic mass is 19.4. The summed E-state index contributed by atoms with van der Waals surface area (Å²) in [6, 6.07) is 0. The van der Waals surface area contributed by atoms with Gasteiger partial charge in [0.15, 0.2) is 0 Å². The number of aliphatic hydroxyl groups excluding tert-OH is 1. The quantitative estimate of drug-likeness (QED) is 0.629. The van der Waals surface area contributed by atoms with E-state index in [1.165, 1.54) is 0 Å². The fraction of sp³-hybridized carbons (Fsp3) is 1.00. The molecule has 0 rings (SSSR count). The van der Waals surface area contributed by atoms with Crippen LogP contribution in [0.15, 0.2) is 0 Å². The van der Waals surface area contributed by atoms with E-state index in [2.05, 4.69) is 0 Å². The average Bonchev–Trinajstić information content (AvgIpc) is 1.81. The molecular formula is C5H8F4O2. The number of halogens is 4. The van der Waals surface area contributed by atoms with Crippen LogP contribution in [0.4, 0.5) is 17.6 Å².